The van der Waals surface area contributed by atoms with Crippen molar-refractivity contribution in [2.24, 2.45) is 0 Å². The van der Waals surface area contributed by atoms with Crippen LogP contribution in [0.4, 0.5) is 0 Å². The quantitative estimate of drug-likeness (QED) is 0.791. The van der Waals surface area contributed by atoms with E-state index < -0.39 is 10.0 Å². The number of likely N-dealkylation sites (N-methyl/N-ethyl adjacent to an activating group) is 1. The van der Waals surface area contributed by atoms with Gasteiger partial charge in [0, 0.05) is 19.6 Å². The maximum atomic E-state index is 12.6. The Balaban J connectivity index is 1.92. The maximum absolute atomic E-state index is 12.6. The van der Waals surface area contributed by atoms with Gasteiger partial charge in [0.15, 0.2) is 0 Å². The fraction of sp³-hybridized carbons (Fsp3) is 0.600. The first kappa shape index (κ1) is 17.7. The molecule has 2 rings (SSSR count). The van der Waals surface area contributed by atoms with Gasteiger partial charge in [-0.25, -0.2) is 8.42 Å². The molecule has 1 aliphatic rings. The average Bonchev–Trinajstić information content (AvgIpc) is 2.47. The molecule has 0 aliphatic carbocycles. The summed E-state index contributed by atoms with van der Waals surface area (Å²) in [6.07, 6.45) is 1.58. The van der Waals surface area contributed by atoms with Crippen molar-refractivity contribution in [1.29, 1.82) is 0 Å². The van der Waals surface area contributed by atoms with Gasteiger partial charge in [-0.2, -0.15) is 4.31 Å². The molecule has 0 spiro atoms. The van der Waals surface area contributed by atoms with Crippen LogP contribution < -0.4 is 0 Å². The van der Waals surface area contributed by atoms with Crippen molar-refractivity contribution in [2.45, 2.75) is 23.8 Å². The highest BCUT2D eigenvalue weighted by Crippen LogP contribution is 2.27. The second kappa shape index (κ2) is 7.75. The minimum atomic E-state index is -3.51. The van der Waals surface area contributed by atoms with E-state index in [-0.39, 0.29) is 16.0 Å². The first-order valence-electron chi connectivity index (χ1n) is 7.42. The number of rotatable bonds is 6. The minimum absolute atomic E-state index is 0.137. The third-order valence-corrected chi connectivity index (χ3v) is 6.15. The molecule has 1 heterocycles. The highest BCUT2D eigenvalue weighted by atomic mass is 35.5. The van der Waals surface area contributed by atoms with Crippen molar-refractivity contribution in [3.05, 3.63) is 29.3 Å². The van der Waals surface area contributed by atoms with E-state index in [1.165, 1.54) is 4.31 Å². The molecular formula is C15H23ClN2O3S. The molecule has 7 heteroatoms. The van der Waals surface area contributed by atoms with Crippen molar-refractivity contribution < 1.29 is 13.2 Å². The average molecular weight is 347 g/mol. The molecule has 124 valence electrons. The molecule has 1 aliphatic heterocycles. The SMILES string of the molecule is CN(C)CCOC1CCN(S(=O)(=O)c2ccccc2Cl)CC1. The lowest BCUT2D eigenvalue weighted by Crippen LogP contribution is -2.41. The van der Waals surface area contributed by atoms with Gasteiger partial charge in [-0.05, 0) is 39.1 Å². The lowest BCUT2D eigenvalue weighted by Gasteiger charge is -2.31. The molecular weight excluding hydrogens is 324 g/mol. The number of benzene rings is 1. The Morgan fingerprint density at radius 1 is 1.27 bits per heavy atom. The van der Waals surface area contributed by atoms with Crippen LogP contribution in [-0.4, -0.2) is 64.1 Å². The molecule has 0 radical (unpaired) electrons. The number of ether oxygens (including phenoxy) is 1. The van der Waals surface area contributed by atoms with Gasteiger partial charge in [0.25, 0.3) is 0 Å². The second-order valence-electron chi connectivity index (χ2n) is 5.71. The van der Waals surface area contributed by atoms with Gasteiger partial charge in [-0.1, -0.05) is 23.7 Å². The smallest absolute Gasteiger partial charge is 0.244 e. The Labute approximate surface area is 137 Å². The van der Waals surface area contributed by atoms with E-state index >= 15 is 0 Å². The van der Waals surface area contributed by atoms with Crippen LogP contribution >= 0.6 is 11.6 Å². The fourth-order valence-corrected chi connectivity index (χ4v) is 4.40. The van der Waals surface area contributed by atoms with Crippen LogP contribution in [0.3, 0.4) is 0 Å². The molecule has 0 N–H and O–H groups in total. The number of hydrogen-bond donors (Lipinski definition) is 0. The summed E-state index contributed by atoms with van der Waals surface area (Å²) in [6, 6.07) is 6.57. The summed E-state index contributed by atoms with van der Waals surface area (Å²) in [4.78, 5) is 2.25. The zero-order chi connectivity index (χ0) is 16.2. The van der Waals surface area contributed by atoms with E-state index in [9.17, 15) is 8.42 Å². The Kier molecular flexibility index (Phi) is 6.23. The molecule has 0 aromatic heterocycles. The van der Waals surface area contributed by atoms with Gasteiger partial charge < -0.3 is 9.64 Å². The van der Waals surface area contributed by atoms with Gasteiger partial charge in [-0.15, -0.1) is 0 Å². The molecule has 1 aromatic rings. The van der Waals surface area contributed by atoms with E-state index in [0.29, 0.717) is 19.7 Å². The van der Waals surface area contributed by atoms with Crippen LogP contribution in [-0.2, 0) is 14.8 Å². The van der Waals surface area contributed by atoms with E-state index in [1.54, 1.807) is 24.3 Å². The number of halogens is 1. The van der Waals surface area contributed by atoms with E-state index in [0.717, 1.165) is 19.4 Å². The second-order valence-corrected chi connectivity index (χ2v) is 8.02. The molecule has 0 amide bonds. The summed E-state index contributed by atoms with van der Waals surface area (Å²) in [5, 5.41) is 0.270. The van der Waals surface area contributed by atoms with Crippen LogP contribution in [0.15, 0.2) is 29.2 Å². The molecule has 1 aromatic carbocycles. The summed E-state index contributed by atoms with van der Waals surface area (Å²) in [5.41, 5.74) is 0. The highest BCUT2D eigenvalue weighted by Gasteiger charge is 2.30. The van der Waals surface area contributed by atoms with Crippen molar-refractivity contribution in [3.8, 4) is 0 Å². The third-order valence-electron chi connectivity index (χ3n) is 3.75. The van der Waals surface area contributed by atoms with E-state index in [1.807, 2.05) is 14.1 Å². The predicted octanol–water partition coefficient (Wildman–Crippen LogP) is 2.07. The lowest BCUT2D eigenvalue weighted by atomic mass is 10.1. The number of sulfonamides is 1. The first-order chi connectivity index (χ1) is 10.4. The summed E-state index contributed by atoms with van der Waals surface area (Å²) in [5.74, 6) is 0. The zero-order valence-electron chi connectivity index (χ0n) is 13.0. The van der Waals surface area contributed by atoms with Crippen LogP contribution in [0.25, 0.3) is 0 Å². The van der Waals surface area contributed by atoms with Gasteiger partial charge in [0.1, 0.15) is 4.90 Å². The molecule has 0 bridgehead atoms. The number of nitrogens with zero attached hydrogens (tertiary/aromatic N) is 2. The van der Waals surface area contributed by atoms with E-state index in [4.69, 9.17) is 16.3 Å². The monoisotopic (exact) mass is 346 g/mol. The number of piperidine rings is 1. The summed E-state index contributed by atoms with van der Waals surface area (Å²) >= 11 is 6.02. The van der Waals surface area contributed by atoms with E-state index in [2.05, 4.69) is 4.90 Å². The minimum Gasteiger partial charge on any atom is -0.377 e. The Morgan fingerprint density at radius 2 is 1.91 bits per heavy atom. The highest BCUT2D eigenvalue weighted by molar-refractivity contribution is 7.89. The van der Waals surface area contributed by atoms with Crippen LogP contribution in [0.2, 0.25) is 5.02 Å². The topological polar surface area (TPSA) is 49.9 Å². The molecule has 0 unspecified atom stereocenters. The maximum Gasteiger partial charge on any atom is 0.244 e. The summed E-state index contributed by atoms with van der Waals surface area (Å²) in [7, 11) is 0.492. The largest absolute Gasteiger partial charge is 0.377 e. The van der Waals surface area contributed by atoms with Crippen molar-refractivity contribution in [2.75, 3.05) is 40.3 Å². The Morgan fingerprint density at radius 3 is 2.50 bits per heavy atom. The van der Waals surface area contributed by atoms with Crippen LogP contribution in [0.5, 0.6) is 0 Å². The molecule has 0 atom stereocenters. The van der Waals surface area contributed by atoms with Gasteiger partial charge in [0.05, 0.1) is 17.7 Å². The molecule has 0 saturated carbocycles. The molecule has 5 nitrogen and oxygen atoms in total. The summed E-state index contributed by atoms with van der Waals surface area (Å²) < 4.78 is 32.5. The first-order valence-corrected chi connectivity index (χ1v) is 9.24. The third kappa shape index (κ3) is 4.43. The normalized spacial score (nSPS) is 18.0. The fourth-order valence-electron chi connectivity index (χ4n) is 2.43. The van der Waals surface area contributed by atoms with Crippen molar-refractivity contribution in [1.82, 2.24) is 9.21 Å². The predicted molar refractivity (Wildman–Crippen MR) is 87.7 cm³/mol. The summed E-state index contributed by atoms with van der Waals surface area (Å²) in [6.45, 7) is 2.49. The molecule has 22 heavy (non-hydrogen) atoms. The van der Waals surface area contributed by atoms with Gasteiger partial charge >= 0.3 is 0 Å². The van der Waals surface area contributed by atoms with Crippen molar-refractivity contribution in [3.63, 3.8) is 0 Å². The lowest BCUT2D eigenvalue weighted by molar-refractivity contribution is 0.0149. The standard InChI is InChI=1S/C15H23ClN2O3S/c1-17(2)11-12-21-13-7-9-18(10-8-13)22(19,20)15-6-4-3-5-14(15)16/h3-6,13H,7-12H2,1-2H3. The molecule has 1 saturated heterocycles. The van der Waals surface area contributed by atoms with Gasteiger partial charge in [-0.3, -0.25) is 0 Å². The Bertz CT molecular complexity index is 584. The Hall–Kier alpha value is -0.660. The zero-order valence-corrected chi connectivity index (χ0v) is 14.6. The number of hydrogen-bond acceptors (Lipinski definition) is 4. The molecule has 1 fully saturated rings. The van der Waals surface area contributed by atoms with Crippen LogP contribution in [0.1, 0.15) is 12.8 Å². The van der Waals surface area contributed by atoms with Crippen LogP contribution in [0, 0.1) is 0 Å². The van der Waals surface area contributed by atoms with Crippen molar-refractivity contribution >= 4 is 21.6 Å². The van der Waals surface area contributed by atoms with Gasteiger partial charge in [0.2, 0.25) is 10.0 Å².